The van der Waals surface area contributed by atoms with E-state index in [9.17, 15) is 22.8 Å². The Morgan fingerprint density at radius 2 is 1.80 bits per heavy atom. The first-order valence-corrected chi connectivity index (χ1v) is 14.5. The van der Waals surface area contributed by atoms with Crippen LogP contribution in [0.2, 0.25) is 0 Å². The van der Waals surface area contributed by atoms with Gasteiger partial charge in [0, 0.05) is 12.1 Å². The van der Waals surface area contributed by atoms with Gasteiger partial charge in [-0.15, -0.1) is 12.3 Å². The molecule has 12 heteroatoms. The molecule has 218 valence electrons. The van der Waals surface area contributed by atoms with Crippen LogP contribution in [0.1, 0.15) is 32.3 Å². The summed E-state index contributed by atoms with van der Waals surface area (Å²) in [6.45, 7) is 5.11. The Labute approximate surface area is 239 Å². The second kappa shape index (κ2) is 11.5. The summed E-state index contributed by atoms with van der Waals surface area (Å²) in [7, 11) is -2.50. The van der Waals surface area contributed by atoms with Crippen LogP contribution < -0.4 is 15.0 Å². The van der Waals surface area contributed by atoms with Gasteiger partial charge in [0.05, 0.1) is 25.0 Å². The molecule has 2 aliphatic rings. The number of benzene rings is 2. The number of carbonyl (C=O) groups is 3. The second-order valence-corrected chi connectivity index (χ2v) is 12.2. The summed E-state index contributed by atoms with van der Waals surface area (Å²) in [5.74, 6) is -1.92. The van der Waals surface area contributed by atoms with Gasteiger partial charge in [-0.3, -0.25) is 19.3 Å². The molecular formula is C29H32N2O9S. The number of sulfone groups is 1. The van der Waals surface area contributed by atoms with Crippen LogP contribution in [0.25, 0.3) is 0 Å². The van der Waals surface area contributed by atoms with Gasteiger partial charge in [-0.05, 0) is 57.2 Å². The monoisotopic (exact) mass is 584 g/mol. The largest absolute Gasteiger partial charge is 0.497 e. The molecule has 2 amide bonds. The van der Waals surface area contributed by atoms with E-state index in [0.717, 1.165) is 5.56 Å². The van der Waals surface area contributed by atoms with Crippen LogP contribution in [-0.2, 0) is 38.4 Å². The first kappa shape index (κ1) is 30.0. The fourth-order valence-corrected chi connectivity index (χ4v) is 5.81. The van der Waals surface area contributed by atoms with Gasteiger partial charge in [-0.25, -0.2) is 8.42 Å². The molecular weight excluding hydrogens is 552 g/mol. The van der Waals surface area contributed by atoms with E-state index < -0.39 is 57.0 Å². The van der Waals surface area contributed by atoms with Crippen molar-refractivity contribution in [2.75, 3.05) is 24.5 Å². The minimum Gasteiger partial charge on any atom is -0.497 e. The third-order valence-electron chi connectivity index (χ3n) is 6.85. The van der Waals surface area contributed by atoms with Crippen LogP contribution in [0.5, 0.6) is 5.75 Å². The van der Waals surface area contributed by atoms with Crippen molar-refractivity contribution in [3.05, 3.63) is 54.1 Å². The number of aryl methyl sites for hydroxylation is 1. The van der Waals surface area contributed by atoms with Gasteiger partial charge in [0.25, 0.3) is 17.4 Å². The van der Waals surface area contributed by atoms with Crippen LogP contribution >= 0.6 is 0 Å². The number of rotatable bonds is 10. The average molecular weight is 585 g/mol. The molecule has 4 rings (SSSR count). The van der Waals surface area contributed by atoms with Gasteiger partial charge >= 0.3 is 5.97 Å². The Hall–Kier alpha value is -3.92. The highest BCUT2D eigenvalue weighted by Gasteiger charge is 2.73. The number of methoxy groups -OCH3 is 1. The molecule has 1 N–H and O–H groups in total. The SMILES string of the molecule is C#CCCC(=O)O[C@@]1(C(=O)NCS(=O)(=O)c2ccc(C)cc2)C(=O)N(c2ccc(OC)cc2)[C@H]1[C@H]1COC(C)(C)O1. The molecule has 11 nitrogen and oxygen atoms in total. The van der Waals surface area contributed by atoms with E-state index in [4.69, 9.17) is 25.4 Å². The number of hydrogen-bond acceptors (Lipinski definition) is 9. The Morgan fingerprint density at radius 1 is 1.15 bits per heavy atom. The number of hydrogen-bond donors (Lipinski definition) is 1. The van der Waals surface area contributed by atoms with Gasteiger partial charge in [-0.1, -0.05) is 17.7 Å². The smallest absolute Gasteiger partial charge is 0.308 e. The minimum atomic E-state index is -4.00. The molecule has 2 aliphatic heterocycles. The zero-order chi connectivity index (χ0) is 30.0. The van der Waals surface area contributed by atoms with E-state index in [1.165, 1.54) is 24.1 Å². The van der Waals surface area contributed by atoms with Gasteiger partial charge in [0.2, 0.25) is 0 Å². The summed E-state index contributed by atoms with van der Waals surface area (Å²) in [6.07, 6.45) is 4.12. The van der Waals surface area contributed by atoms with Gasteiger partial charge in [0.15, 0.2) is 15.6 Å². The van der Waals surface area contributed by atoms with Crippen molar-refractivity contribution in [1.29, 1.82) is 0 Å². The molecule has 0 bridgehead atoms. The van der Waals surface area contributed by atoms with Crippen LogP contribution in [0.15, 0.2) is 53.4 Å². The van der Waals surface area contributed by atoms with Gasteiger partial charge in [0.1, 0.15) is 23.8 Å². The van der Waals surface area contributed by atoms with Crippen molar-refractivity contribution >= 4 is 33.3 Å². The topological polar surface area (TPSA) is 138 Å². The number of nitrogens with zero attached hydrogens (tertiary/aromatic N) is 1. The summed E-state index contributed by atoms with van der Waals surface area (Å²) in [4.78, 5) is 41.9. The van der Waals surface area contributed by atoms with E-state index in [0.29, 0.717) is 11.4 Å². The highest BCUT2D eigenvalue weighted by molar-refractivity contribution is 7.91. The van der Waals surface area contributed by atoms with Crippen LogP contribution in [0.3, 0.4) is 0 Å². The quantitative estimate of drug-likeness (QED) is 0.193. The number of nitrogens with one attached hydrogen (secondary N) is 1. The van der Waals surface area contributed by atoms with E-state index in [2.05, 4.69) is 11.2 Å². The first-order chi connectivity index (χ1) is 19.3. The first-order valence-electron chi connectivity index (χ1n) is 12.9. The van der Waals surface area contributed by atoms with Crippen LogP contribution in [0, 0.1) is 19.3 Å². The van der Waals surface area contributed by atoms with Crippen molar-refractivity contribution in [1.82, 2.24) is 5.32 Å². The van der Waals surface area contributed by atoms with Crippen LogP contribution in [0.4, 0.5) is 5.69 Å². The Kier molecular flexibility index (Phi) is 8.44. The fraction of sp³-hybridized carbons (Fsp3) is 0.414. The van der Waals surface area contributed by atoms with Crippen molar-refractivity contribution in [2.24, 2.45) is 0 Å². The molecule has 2 fully saturated rings. The third kappa shape index (κ3) is 5.93. The molecule has 0 aromatic heterocycles. The number of esters is 1. The van der Waals surface area contributed by atoms with Crippen molar-refractivity contribution in [2.45, 2.75) is 62.0 Å². The molecule has 41 heavy (non-hydrogen) atoms. The minimum absolute atomic E-state index is 0.00938. The maximum Gasteiger partial charge on any atom is 0.308 e. The normalized spacial score (nSPS) is 23.3. The lowest BCUT2D eigenvalue weighted by atomic mass is 9.77. The average Bonchev–Trinajstić information content (AvgIpc) is 3.30. The lowest BCUT2D eigenvalue weighted by Gasteiger charge is -2.54. The number of terminal acetylenes is 1. The Bertz CT molecular complexity index is 1460. The number of ether oxygens (including phenoxy) is 4. The summed E-state index contributed by atoms with van der Waals surface area (Å²) in [6, 6.07) is 11.4. The van der Waals surface area contributed by atoms with Crippen molar-refractivity contribution in [3.8, 4) is 18.1 Å². The zero-order valence-electron chi connectivity index (χ0n) is 23.2. The summed E-state index contributed by atoms with van der Waals surface area (Å²) in [5.41, 5.74) is -1.21. The predicted octanol–water partition coefficient (Wildman–Crippen LogP) is 2.11. The third-order valence-corrected chi connectivity index (χ3v) is 8.37. The number of anilines is 1. The number of carbonyl (C=O) groups excluding carboxylic acids is 3. The molecule has 0 saturated carbocycles. The van der Waals surface area contributed by atoms with Gasteiger partial charge < -0.3 is 24.3 Å². The molecule has 2 aromatic carbocycles. The molecule has 3 atom stereocenters. The molecule has 0 spiro atoms. The predicted molar refractivity (Wildman–Crippen MR) is 147 cm³/mol. The summed E-state index contributed by atoms with van der Waals surface area (Å²) >= 11 is 0. The lowest BCUT2D eigenvalue weighted by Crippen LogP contribution is -2.84. The van der Waals surface area contributed by atoms with E-state index >= 15 is 0 Å². The van der Waals surface area contributed by atoms with Crippen molar-refractivity contribution < 1.29 is 41.7 Å². The van der Waals surface area contributed by atoms with E-state index in [-0.39, 0.29) is 24.3 Å². The Morgan fingerprint density at radius 3 is 2.37 bits per heavy atom. The number of amides is 2. The molecule has 0 aliphatic carbocycles. The standard InChI is InChI=1S/C29H32N2O9S/c1-6-7-8-24(32)40-29(26(33)30-18-41(35,36)22-15-9-19(2)10-16-22)25(23-17-38-28(3,4)39-23)31(27(29)34)20-11-13-21(37-5)14-12-20/h1,9-16,23,25H,7-8,17-18H2,2-5H3,(H,30,33)/t23-,25+,29+/m1/s1. The zero-order valence-corrected chi connectivity index (χ0v) is 24.0. The fourth-order valence-electron chi connectivity index (χ4n) is 4.77. The molecule has 0 radical (unpaired) electrons. The second-order valence-electron chi connectivity index (χ2n) is 10.2. The Balaban J connectivity index is 1.72. The highest BCUT2D eigenvalue weighted by Crippen LogP contribution is 2.45. The van der Waals surface area contributed by atoms with Crippen molar-refractivity contribution in [3.63, 3.8) is 0 Å². The maximum absolute atomic E-state index is 13.9. The molecule has 2 saturated heterocycles. The van der Waals surface area contributed by atoms with Gasteiger partial charge in [-0.2, -0.15) is 0 Å². The van der Waals surface area contributed by atoms with Crippen LogP contribution in [-0.4, -0.2) is 69.3 Å². The van der Waals surface area contributed by atoms with E-state index in [1.807, 2.05) is 6.92 Å². The lowest BCUT2D eigenvalue weighted by molar-refractivity contribution is -0.195. The summed E-state index contributed by atoms with van der Waals surface area (Å²) < 4.78 is 48.6. The molecule has 2 aromatic rings. The maximum atomic E-state index is 13.9. The van der Waals surface area contributed by atoms with E-state index in [1.54, 1.807) is 50.2 Å². The summed E-state index contributed by atoms with van der Waals surface area (Å²) in [5, 5.41) is 2.33. The number of β-lactam (4-membered cyclic amide) rings is 1. The molecule has 2 heterocycles. The highest BCUT2D eigenvalue weighted by atomic mass is 32.2. The molecule has 0 unspecified atom stereocenters.